The van der Waals surface area contributed by atoms with Crippen LogP contribution >= 0.6 is 0 Å². The maximum atomic E-state index is 11.8. The van der Waals surface area contributed by atoms with E-state index < -0.39 is 11.4 Å². The molecule has 0 aromatic heterocycles. The molecule has 1 fully saturated rings. The Morgan fingerprint density at radius 1 is 1.10 bits per heavy atom. The first-order valence-corrected chi connectivity index (χ1v) is 7.13. The lowest BCUT2D eigenvalue weighted by Gasteiger charge is -2.35. The smallest absolute Gasteiger partial charge is 0.264 e. The van der Waals surface area contributed by atoms with Gasteiger partial charge in [-0.05, 0) is 25.0 Å². The molecule has 0 bridgehead atoms. The van der Waals surface area contributed by atoms with Crippen LogP contribution in [0.1, 0.15) is 32.1 Å². The number of nitrogens with one attached hydrogen (secondary N) is 2. The summed E-state index contributed by atoms with van der Waals surface area (Å²) < 4.78 is 11.0. The number of carbonyl (C=O) groups excluding carboxylic acids is 1. The largest absolute Gasteiger partial charge is 0.486 e. The first kappa shape index (κ1) is 13.1. The minimum Gasteiger partial charge on any atom is -0.486 e. The monoisotopic (exact) mass is 275 g/mol. The highest BCUT2D eigenvalue weighted by Gasteiger charge is 2.38. The summed E-state index contributed by atoms with van der Waals surface area (Å²) in [4.78, 5) is 11.8. The van der Waals surface area contributed by atoms with Gasteiger partial charge >= 0.3 is 0 Å². The summed E-state index contributed by atoms with van der Waals surface area (Å²) >= 11 is 0. The molecule has 1 saturated carbocycles. The van der Waals surface area contributed by atoms with Crippen LogP contribution in [0.3, 0.4) is 0 Å². The van der Waals surface area contributed by atoms with E-state index in [0.717, 1.165) is 43.5 Å². The van der Waals surface area contributed by atoms with Crippen molar-refractivity contribution in [3.8, 4) is 11.5 Å². The SMILES string of the molecule is [NH]C(=O)C1(Nc2ccc3c(c2)OCCO3)CCCCC1. The van der Waals surface area contributed by atoms with Crippen molar-refractivity contribution in [2.24, 2.45) is 0 Å². The van der Waals surface area contributed by atoms with E-state index in [1.54, 1.807) is 0 Å². The molecule has 0 atom stereocenters. The first-order chi connectivity index (χ1) is 9.70. The van der Waals surface area contributed by atoms with Crippen molar-refractivity contribution in [2.75, 3.05) is 18.5 Å². The Morgan fingerprint density at radius 2 is 1.80 bits per heavy atom. The van der Waals surface area contributed by atoms with E-state index in [1.807, 2.05) is 18.2 Å². The third-order valence-corrected chi connectivity index (χ3v) is 4.07. The Morgan fingerprint density at radius 3 is 2.50 bits per heavy atom. The number of ether oxygens (including phenoxy) is 2. The van der Waals surface area contributed by atoms with Crippen LogP contribution in [0.5, 0.6) is 11.5 Å². The van der Waals surface area contributed by atoms with Crippen LogP contribution in [-0.4, -0.2) is 24.7 Å². The van der Waals surface area contributed by atoms with Crippen molar-refractivity contribution in [3.63, 3.8) is 0 Å². The zero-order chi connectivity index (χ0) is 14.0. The number of hydrogen-bond donors (Lipinski definition) is 1. The van der Waals surface area contributed by atoms with Crippen molar-refractivity contribution < 1.29 is 14.3 Å². The average Bonchev–Trinajstić information content (AvgIpc) is 2.48. The Hall–Kier alpha value is -1.91. The molecular weight excluding hydrogens is 256 g/mol. The third kappa shape index (κ3) is 2.40. The quantitative estimate of drug-likeness (QED) is 0.919. The van der Waals surface area contributed by atoms with E-state index in [4.69, 9.17) is 15.2 Å². The van der Waals surface area contributed by atoms with Crippen molar-refractivity contribution >= 4 is 11.6 Å². The fourth-order valence-electron chi connectivity index (χ4n) is 2.96. The molecule has 1 heterocycles. The summed E-state index contributed by atoms with van der Waals surface area (Å²) in [6.07, 6.45) is 4.57. The molecule has 1 aliphatic heterocycles. The highest BCUT2D eigenvalue weighted by atomic mass is 16.6. The Kier molecular flexibility index (Phi) is 3.42. The van der Waals surface area contributed by atoms with Gasteiger partial charge in [0.05, 0.1) is 0 Å². The normalized spacial score (nSPS) is 20.2. The predicted molar refractivity (Wildman–Crippen MR) is 75.0 cm³/mol. The van der Waals surface area contributed by atoms with Gasteiger partial charge in [-0.3, -0.25) is 10.5 Å². The number of benzene rings is 1. The fourth-order valence-corrected chi connectivity index (χ4v) is 2.96. The molecule has 2 N–H and O–H groups in total. The van der Waals surface area contributed by atoms with E-state index >= 15 is 0 Å². The first-order valence-electron chi connectivity index (χ1n) is 7.13. The molecule has 3 rings (SSSR count). The van der Waals surface area contributed by atoms with Gasteiger partial charge < -0.3 is 14.8 Å². The maximum absolute atomic E-state index is 11.8. The third-order valence-electron chi connectivity index (χ3n) is 4.07. The molecule has 0 unspecified atom stereocenters. The summed E-state index contributed by atoms with van der Waals surface area (Å²) in [6.45, 7) is 1.11. The van der Waals surface area contributed by atoms with E-state index in [2.05, 4.69) is 5.32 Å². The van der Waals surface area contributed by atoms with Crippen molar-refractivity contribution in [1.29, 1.82) is 0 Å². The molecule has 1 aromatic rings. The van der Waals surface area contributed by atoms with Gasteiger partial charge in [0.15, 0.2) is 11.5 Å². The lowest BCUT2D eigenvalue weighted by molar-refractivity contribution is -0.123. The number of fused-ring (bicyclic) bond motifs is 1. The molecule has 20 heavy (non-hydrogen) atoms. The molecule has 1 aliphatic carbocycles. The average molecular weight is 275 g/mol. The van der Waals surface area contributed by atoms with Crippen LogP contribution in [0.4, 0.5) is 5.69 Å². The second-order valence-corrected chi connectivity index (χ2v) is 5.46. The zero-order valence-corrected chi connectivity index (χ0v) is 11.4. The van der Waals surface area contributed by atoms with Crippen molar-refractivity contribution in [3.05, 3.63) is 18.2 Å². The van der Waals surface area contributed by atoms with Crippen LogP contribution < -0.4 is 20.5 Å². The summed E-state index contributed by atoms with van der Waals surface area (Å²) in [5.74, 6) is 0.911. The second kappa shape index (κ2) is 5.23. The van der Waals surface area contributed by atoms with Crippen LogP contribution in [0, 0.1) is 0 Å². The summed E-state index contributed by atoms with van der Waals surface area (Å²) in [5, 5.41) is 3.27. The van der Waals surface area contributed by atoms with Gasteiger partial charge in [0, 0.05) is 11.8 Å². The van der Waals surface area contributed by atoms with Crippen LogP contribution in [0.25, 0.3) is 0 Å². The Labute approximate surface area is 118 Å². The minimum absolute atomic E-state index is 0.521. The van der Waals surface area contributed by atoms with Gasteiger partial charge in [-0.15, -0.1) is 0 Å². The maximum Gasteiger partial charge on any atom is 0.264 e. The fraction of sp³-hybridized carbons (Fsp3) is 0.533. The summed E-state index contributed by atoms with van der Waals surface area (Å²) in [5.41, 5.74) is 7.68. The predicted octanol–water partition coefficient (Wildman–Crippen LogP) is 2.38. The van der Waals surface area contributed by atoms with Crippen LogP contribution in [0.15, 0.2) is 18.2 Å². The lowest BCUT2D eigenvalue weighted by atomic mass is 9.81. The van der Waals surface area contributed by atoms with Crippen LogP contribution in [0.2, 0.25) is 0 Å². The number of rotatable bonds is 3. The molecule has 0 saturated heterocycles. The molecule has 1 amide bonds. The zero-order valence-electron chi connectivity index (χ0n) is 11.4. The highest BCUT2D eigenvalue weighted by Crippen LogP contribution is 2.36. The van der Waals surface area contributed by atoms with E-state index in [-0.39, 0.29) is 0 Å². The number of anilines is 1. The topological polar surface area (TPSA) is 71.4 Å². The Balaban J connectivity index is 1.83. The van der Waals surface area contributed by atoms with Gasteiger partial charge in [-0.25, -0.2) is 0 Å². The van der Waals surface area contributed by atoms with E-state index in [1.165, 1.54) is 0 Å². The Bertz CT molecular complexity index is 510. The molecule has 2 aliphatic rings. The van der Waals surface area contributed by atoms with Gasteiger partial charge in [0.2, 0.25) is 0 Å². The van der Waals surface area contributed by atoms with Gasteiger partial charge in [-0.2, -0.15) is 0 Å². The molecule has 5 heteroatoms. The summed E-state index contributed by atoms with van der Waals surface area (Å²) in [7, 11) is 0. The highest BCUT2D eigenvalue weighted by molar-refractivity contribution is 5.87. The second-order valence-electron chi connectivity index (χ2n) is 5.46. The van der Waals surface area contributed by atoms with Gasteiger partial charge in [0.1, 0.15) is 18.8 Å². The molecule has 1 radical (unpaired) electrons. The molecule has 107 valence electrons. The minimum atomic E-state index is -0.734. The number of amides is 1. The van der Waals surface area contributed by atoms with Gasteiger partial charge in [0.25, 0.3) is 5.91 Å². The lowest BCUT2D eigenvalue weighted by Crippen LogP contribution is -2.48. The van der Waals surface area contributed by atoms with Gasteiger partial charge in [-0.1, -0.05) is 19.3 Å². The molecule has 1 aromatic carbocycles. The van der Waals surface area contributed by atoms with Crippen LogP contribution in [-0.2, 0) is 4.79 Å². The van der Waals surface area contributed by atoms with Crippen molar-refractivity contribution in [2.45, 2.75) is 37.6 Å². The van der Waals surface area contributed by atoms with Crippen molar-refractivity contribution in [1.82, 2.24) is 5.73 Å². The molecule has 0 spiro atoms. The molecule has 5 nitrogen and oxygen atoms in total. The standard InChI is InChI=1S/C15H19N2O3/c16-14(18)15(6-2-1-3-7-15)17-11-4-5-12-13(10-11)20-9-8-19-12/h4-5,10,16-17H,1-3,6-9H2. The number of carbonyl (C=O) groups is 1. The van der Waals surface area contributed by atoms with E-state index in [9.17, 15) is 4.79 Å². The number of hydrogen-bond acceptors (Lipinski definition) is 4. The molecular formula is C15H19N2O3. The summed E-state index contributed by atoms with van der Waals surface area (Å²) in [6, 6.07) is 5.59. The van der Waals surface area contributed by atoms with E-state index in [0.29, 0.717) is 19.0 Å².